The topological polar surface area (TPSA) is 47.7 Å². The minimum absolute atomic E-state index is 0. The van der Waals surface area contributed by atoms with Crippen molar-refractivity contribution in [1.29, 1.82) is 0 Å². The molecule has 5 nitrogen and oxygen atoms in total. The second kappa shape index (κ2) is 6.56. The molecule has 1 N–H and O–H groups in total. The van der Waals surface area contributed by atoms with Crippen LogP contribution in [0.2, 0.25) is 0 Å². The Hall–Kier alpha value is -1.33. The summed E-state index contributed by atoms with van der Waals surface area (Å²) in [5.74, 6) is 0. The van der Waals surface area contributed by atoms with Crippen LogP contribution in [0.5, 0.6) is 0 Å². The zero-order valence-corrected chi connectivity index (χ0v) is 11.9. The van der Waals surface area contributed by atoms with E-state index in [0.717, 1.165) is 31.0 Å². The number of hydrogen-bond acceptors (Lipinski definition) is 3. The van der Waals surface area contributed by atoms with Crippen LogP contribution in [0.3, 0.4) is 0 Å². The Kier molecular flexibility index (Phi) is 5.37. The maximum atomic E-state index is 4.42. The Balaban J connectivity index is 0.00000162. The van der Waals surface area contributed by atoms with Crippen molar-refractivity contribution in [3.05, 3.63) is 35.4 Å². The maximum Gasteiger partial charge on any atom is 0.0762 e. The molecule has 0 spiro atoms. The molecular formula is C12H20ClN5. The summed E-state index contributed by atoms with van der Waals surface area (Å²) in [6.45, 7) is 6.61. The molecule has 0 atom stereocenters. The predicted octanol–water partition coefficient (Wildman–Crippen LogP) is 1.66. The van der Waals surface area contributed by atoms with Crippen LogP contribution in [-0.2, 0) is 26.7 Å². The third-order valence-electron chi connectivity index (χ3n) is 2.73. The smallest absolute Gasteiger partial charge is 0.0762 e. The number of halogens is 1. The molecule has 2 aromatic heterocycles. The lowest BCUT2D eigenvalue weighted by Crippen LogP contribution is -2.15. The molecular weight excluding hydrogens is 250 g/mol. The van der Waals surface area contributed by atoms with Crippen molar-refractivity contribution in [2.24, 2.45) is 7.05 Å². The minimum Gasteiger partial charge on any atom is -0.305 e. The van der Waals surface area contributed by atoms with Gasteiger partial charge in [-0.2, -0.15) is 10.2 Å². The molecule has 0 amide bonds. The minimum atomic E-state index is 0. The van der Waals surface area contributed by atoms with Crippen LogP contribution in [0.4, 0.5) is 0 Å². The second-order valence-electron chi connectivity index (χ2n) is 4.17. The van der Waals surface area contributed by atoms with E-state index in [1.807, 2.05) is 35.6 Å². The second-order valence-corrected chi connectivity index (χ2v) is 4.17. The first-order chi connectivity index (χ1) is 8.19. The Morgan fingerprint density at radius 2 is 2.06 bits per heavy atom. The molecule has 0 fully saturated rings. The summed E-state index contributed by atoms with van der Waals surface area (Å²) < 4.78 is 3.85. The summed E-state index contributed by atoms with van der Waals surface area (Å²) in [4.78, 5) is 0. The Bertz CT molecular complexity index is 488. The van der Waals surface area contributed by atoms with Crippen LogP contribution in [0.25, 0.3) is 0 Å². The third kappa shape index (κ3) is 3.58. The molecule has 0 unspecified atom stereocenters. The molecule has 100 valence electrons. The van der Waals surface area contributed by atoms with Crippen molar-refractivity contribution in [3.8, 4) is 0 Å². The number of nitrogens with zero attached hydrogens (tertiary/aromatic N) is 4. The lowest BCUT2D eigenvalue weighted by molar-refractivity contribution is 0.598. The van der Waals surface area contributed by atoms with E-state index >= 15 is 0 Å². The number of hydrogen-bond donors (Lipinski definition) is 1. The Morgan fingerprint density at radius 3 is 2.61 bits per heavy atom. The number of aryl methyl sites for hydroxylation is 3. The highest BCUT2D eigenvalue weighted by atomic mass is 35.5. The molecule has 0 saturated heterocycles. The van der Waals surface area contributed by atoms with Crippen LogP contribution in [0, 0.1) is 6.92 Å². The standard InChI is InChI=1S/C12H19N5.ClH/c1-4-17-6-5-11(15-17)8-13-9-12-7-10(2)14-16(12)3;/h5-7,13H,4,8-9H2,1-3H3;1H. The molecule has 0 aliphatic rings. The summed E-state index contributed by atoms with van der Waals surface area (Å²) in [5.41, 5.74) is 3.32. The molecule has 0 aliphatic heterocycles. The predicted molar refractivity (Wildman–Crippen MR) is 73.6 cm³/mol. The largest absolute Gasteiger partial charge is 0.305 e. The van der Waals surface area contributed by atoms with Crippen molar-refractivity contribution in [3.63, 3.8) is 0 Å². The first-order valence-corrected chi connectivity index (χ1v) is 5.91. The normalized spacial score (nSPS) is 10.4. The lowest BCUT2D eigenvalue weighted by Gasteiger charge is -2.03. The molecule has 2 rings (SSSR count). The molecule has 6 heteroatoms. The molecule has 2 aromatic rings. The van der Waals surface area contributed by atoms with Gasteiger partial charge < -0.3 is 5.32 Å². The van der Waals surface area contributed by atoms with Crippen LogP contribution < -0.4 is 5.32 Å². The van der Waals surface area contributed by atoms with E-state index in [2.05, 4.69) is 28.5 Å². The zero-order valence-electron chi connectivity index (χ0n) is 11.1. The van der Waals surface area contributed by atoms with E-state index in [-0.39, 0.29) is 12.4 Å². The monoisotopic (exact) mass is 269 g/mol. The van der Waals surface area contributed by atoms with Crippen molar-refractivity contribution in [1.82, 2.24) is 24.9 Å². The van der Waals surface area contributed by atoms with Gasteiger partial charge in [0.05, 0.1) is 17.1 Å². The van der Waals surface area contributed by atoms with Gasteiger partial charge in [0, 0.05) is 32.9 Å². The van der Waals surface area contributed by atoms with Crippen molar-refractivity contribution >= 4 is 12.4 Å². The van der Waals surface area contributed by atoms with Gasteiger partial charge in [-0.1, -0.05) is 0 Å². The molecule has 0 radical (unpaired) electrons. The van der Waals surface area contributed by atoms with Crippen molar-refractivity contribution in [2.45, 2.75) is 33.5 Å². The van der Waals surface area contributed by atoms with Crippen LogP contribution in [-0.4, -0.2) is 19.6 Å². The number of nitrogens with one attached hydrogen (secondary N) is 1. The van der Waals surface area contributed by atoms with E-state index in [9.17, 15) is 0 Å². The van der Waals surface area contributed by atoms with Crippen molar-refractivity contribution < 1.29 is 0 Å². The van der Waals surface area contributed by atoms with Gasteiger partial charge in [0.1, 0.15) is 0 Å². The van der Waals surface area contributed by atoms with Gasteiger partial charge in [-0.3, -0.25) is 9.36 Å². The lowest BCUT2D eigenvalue weighted by atomic mass is 10.3. The highest BCUT2D eigenvalue weighted by Gasteiger charge is 2.02. The van der Waals surface area contributed by atoms with Gasteiger partial charge in [0.15, 0.2) is 0 Å². The van der Waals surface area contributed by atoms with Crippen LogP contribution in [0.1, 0.15) is 24.0 Å². The van der Waals surface area contributed by atoms with Gasteiger partial charge in [0.25, 0.3) is 0 Å². The molecule has 18 heavy (non-hydrogen) atoms. The average molecular weight is 270 g/mol. The van der Waals surface area contributed by atoms with Gasteiger partial charge in [0.2, 0.25) is 0 Å². The van der Waals surface area contributed by atoms with Crippen LogP contribution in [0.15, 0.2) is 18.3 Å². The highest BCUT2D eigenvalue weighted by Crippen LogP contribution is 2.02. The molecule has 0 saturated carbocycles. The summed E-state index contributed by atoms with van der Waals surface area (Å²) in [6.07, 6.45) is 2.01. The molecule has 0 aliphatic carbocycles. The summed E-state index contributed by atoms with van der Waals surface area (Å²) in [5, 5.41) is 12.1. The van der Waals surface area contributed by atoms with Gasteiger partial charge in [-0.15, -0.1) is 12.4 Å². The fourth-order valence-corrected chi connectivity index (χ4v) is 1.82. The zero-order chi connectivity index (χ0) is 12.3. The van der Waals surface area contributed by atoms with E-state index in [4.69, 9.17) is 0 Å². The summed E-state index contributed by atoms with van der Waals surface area (Å²) in [7, 11) is 1.97. The van der Waals surface area contributed by atoms with E-state index < -0.39 is 0 Å². The van der Waals surface area contributed by atoms with Gasteiger partial charge in [-0.05, 0) is 26.0 Å². The first-order valence-electron chi connectivity index (χ1n) is 5.91. The Labute approximate surface area is 114 Å². The molecule has 2 heterocycles. The molecule has 0 bridgehead atoms. The fourth-order valence-electron chi connectivity index (χ4n) is 1.82. The van der Waals surface area contributed by atoms with Crippen molar-refractivity contribution in [2.75, 3.05) is 0 Å². The Morgan fingerprint density at radius 1 is 1.28 bits per heavy atom. The fraction of sp³-hybridized carbons (Fsp3) is 0.500. The van der Waals surface area contributed by atoms with E-state index in [1.165, 1.54) is 5.69 Å². The number of rotatable bonds is 5. The van der Waals surface area contributed by atoms with E-state index in [1.54, 1.807) is 0 Å². The SMILES string of the molecule is CCn1ccc(CNCc2cc(C)nn2C)n1.Cl. The van der Waals surface area contributed by atoms with Crippen LogP contribution >= 0.6 is 12.4 Å². The molecule has 0 aromatic carbocycles. The van der Waals surface area contributed by atoms with Gasteiger partial charge >= 0.3 is 0 Å². The first kappa shape index (κ1) is 14.7. The quantitative estimate of drug-likeness (QED) is 0.898. The maximum absolute atomic E-state index is 4.42. The summed E-state index contributed by atoms with van der Waals surface area (Å²) >= 11 is 0. The highest BCUT2D eigenvalue weighted by molar-refractivity contribution is 5.85. The summed E-state index contributed by atoms with van der Waals surface area (Å²) in [6, 6.07) is 4.14. The van der Waals surface area contributed by atoms with E-state index in [0.29, 0.717) is 0 Å². The van der Waals surface area contributed by atoms with Gasteiger partial charge in [-0.25, -0.2) is 0 Å². The number of aromatic nitrogens is 4. The third-order valence-corrected chi connectivity index (χ3v) is 2.73. The average Bonchev–Trinajstić information content (AvgIpc) is 2.86.